The molecule has 0 radical (unpaired) electrons. The summed E-state index contributed by atoms with van der Waals surface area (Å²) in [6.45, 7) is 8.42. The summed E-state index contributed by atoms with van der Waals surface area (Å²) in [6, 6.07) is 0. The fourth-order valence-corrected chi connectivity index (χ4v) is 7.66. The van der Waals surface area contributed by atoms with Crippen LogP contribution in [-0.2, 0) is 9.53 Å². The molecule has 0 aromatic rings. The molecule has 7 atom stereocenters. The van der Waals surface area contributed by atoms with Gasteiger partial charge >= 0.3 is 0 Å². The number of nitrogens with zero attached hydrogens (tertiary/aromatic N) is 1. The van der Waals surface area contributed by atoms with Crippen LogP contribution in [0, 0.1) is 34.5 Å². The fourth-order valence-electron chi connectivity index (χ4n) is 7.66. The van der Waals surface area contributed by atoms with Gasteiger partial charge in [-0.15, -0.1) is 0 Å². The van der Waals surface area contributed by atoms with Crippen molar-refractivity contribution in [2.45, 2.75) is 85.2 Å². The van der Waals surface area contributed by atoms with E-state index in [2.05, 4.69) is 25.1 Å². The molecule has 4 aliphatic rings. The van der Waals surface area contributed by atoms with Crippen LogP contribution in [-0.4, -0.2) is 23.0 Å². The molecule has 150 valence electrons. The number of rotatable bonds is 2. The smallest absolute Gasteiger partial charge is 0.222 e. The minimum Gasteiger partial charge on any atom is -0.475 e. The zero-order valence-corrected chi connectivity index (χ0v) is 17.3. The first kappa shape index (κ1) is 19.0. The van der Waals surface area contributed by atoms with Crippen LogP contribution in [0.5, 0.6) is 0 Å². The summed E-state index contributed by atoms with van der Waals surface area (Å²) < 4.78 is 5.82. The van der Waals surface area contributed by atoms with Crippen molar-refractivity contribution in [2.24, 2.45) is 39.7 Å². The summed E-state index contributed by atoms with van der Waals surface area (Å²) in [5.41, 5.74) is 2.07. The molecule has 0 aliphatic heterocycles. The fraction of sp³-hybridized carbons (Fsp3) is 0.826. The standard InChI is InChI=1S/C23H35NO3/c1-14(25)19-7-8-20-18-6-5-16-13-17(27-15(2)24-26)9-11-22(16,3)21(18)10-12-23(19,20)4/h5,17-21,26H,6-13H2,1-4H3/t17?,18-,19+,20-,21-,22-,23+/m0/s1. The maximum absolute atomic E-state index is 12.3. The van der Waals surface area contributed by atoms with Gasteiger partial charge in [0.25, 0.3) is 0 Å². The number of hydrogen-bond acceptors (Lipinski definition) is 4. The molecule has 1 N–H and O–H groups in total. The Morgan fingerprint density at radius 3 is 2.63 bits per heavy atom. The lowest BCUT2D eigenvalue weighted by atomic mass is 9.47. The number of oxime groups is 1. The molecule has 3 saturated carbocycles. The van der Waals surface area contributed by atoms with Crippen LogP contribution in [0.4, 0.5) is 0 Å². The number of Topliss-reactive ketones (excluding diaryl/α,β-unsaturated/α-hetero) is 1. The van der Waals surface area contributed by atoms with Gasteiger partial charge in [-0.05, 0) is 80.5 Å². The average Bonchev–Trinajstić information content (AvgIpc) is 2.99. The monoisotopic (exact) mass is 373 g/mol. The lowest BCUT2D eigenvalue weighted by Crippen LogP contribution is -2.51. The van der Waals surface area contributed by atoms with Gasteiger partial charge in [0.1, 0.15) is 11.9 Å². The van der Waals surface area contributed by atoms with Gasteiger partial charge in [0.15, 0.2) is 0 Å². The molecule has 4 heteroatoms. The van der Waals surface area contributed by atoms with Crippen LogP contribution in [0.1, 0.15) is 79.1 Å². The third-order valence-electron chi connectivity index (χ3n) is 9.03. The highest BCUT2D eigenvalue weighted by Gasteiger charge is 2.59. The van der Waals surface area contributed by atoms with Crippen molar-refractivity contribution in [3.8, 4) is 0 Å². The largest absolute Gasteiger partial charge is 0.475 e. The van der Waals surface area contributed by atoms with Crippen LogP contribution >= 0.6 is 0 Å². The van der Waals surface area contributed by atoms with Crippen LogP contribution < -0.4 is 0 Å². The van der Waals surface area contributed by atoms with Crippen molar-refractivity contribution in [3.63, 3.8) is 0 Å². The Bertz CT molecular complexity index is 683. The van der Waals surface area contributed by atoms with E-state index >= 15 is 0 Å². The van der Waals surface area contributed by atoms with Crippen LogP contribution in [0.3, 0.4) is 0 Å². The minimum atomic E-state index is 0.138. The Kier molecular flexibility index (Phi) is 4.67. The molecule has 1 unspecified atom stereocenters. The third-order valence-corrected chi connectivity index (χ3v) is 9.03. The van der Waals surface area contributed by atoms with E-state index in [0.29, 0.717) is 17.6 Å². The SMILES string of the molecule is CC(=O)[C@H]1CC[C@H]2[C@@H]3CC=C4CC(OC(C)=NO)CC[C@]4(C)[C@H]3CC[C@]12C. The molecule has 0 saturated heterocycles. The van der Waals surface area contributed by atoms with Gasteiger partial charge in [0.2, 0.25) is 5.90 Å². The van der Waals surface area contributed by atoms with E-state index in [0.717, 1.165) is 37.5 Å². The maximum Gasteiger partial charge on any atom is 0.222 e. The second kappa shape index (κ2) is 6.63. The number of fused-ring (bicyclic) bond motifs is 5. The van der Waals surface area contributed by atoms with E-state index in [1.54, 1.807) is 12.5 Å². The number of carbonyl (C=O) groups excluding carboxylic acids is 1. The quantitative estimate of drug-likeness (QED) is 0.233. The van der Waals surface area contributed by atoms with Crippen LogP contribution in [0.25, 0.3) is 0 Å². The Morgan fingerprint density at radius 2 is 1.93 bits per heavy atom. The van der Waals surface area contributed by atoms with Crippen molar-refractivity contribution >= 4 is 11.7 Å². The van der Waals surface area contributed by atoms with E-state index in [4.69, 9.17) is 9.94 Å². The maximum atomic E-state index is 12.3. The highest BCUT2D eigenvalue weighted by molar-refractivity contribution is 5.79. The number of carbonyl (C=O) groups is 1. The zero-order valence-electron chi connectivity index (χ0n) is 17.3. The summed E-state index contributed by atoms with van der Waals surface area (Å²) in [6.07, 6.45) is 11.8. The van der Waals surface area contributed by atoms with Gasteiger partial charge in [-0.25, -0.2) is 0 Å². The Morgan fingerprint density at radius 1 is 1.15 bits per heavy atom. The van der Waals surface area contributed by atoms with E-state index in [-0.39, 0.29) is 22.9 Å². The van der Waals surface area contributed by atoms with Crippen LogP contribution in [0.15, 0.2) is 16.8 Å². The van der Waals surface area contributed by atoms with Crippen molar-refractivity contribution in [1.82, 2.24) is 0 Å². The summed E-state index contributed by atoms with van der Waals surface area (Å²) in [5.74, 6) is 3.25. The molecule has 0 amide bonds. The Balaban J connectivity index is 1.56. The Labute approximate surface area is 163 Å². The predicted octanol–water partition coefficient (Wildman–Crippen LogP) is 5.35. The molecular formula is C23H35NO3. The molecule has 0 spiro atoms. The molecule has 0 aromatic heterocycles. The first-order valence-electron chi connectivity index (χ1n) is 10.8. The number of ether oxygens (including phenoxy) is 1. The summed E-state index contributed by atoms with van der Waals surface area (Å²) in [4.78, 5) is 12.3. The molecule has 3 fully saturated rings. The first-order valence-corrected chi connectivity index (χ1v) is 10.8. The predicted molar refractivity (Wildman–Crippen MR) is 106 cm³/mol. The molecule has 4 aliphatic carbocycles. The lowest BCUT2D eigenvalue weighted by molar-refractivity contribution is -0.127. The van der Waals surface area contributed by atoms with Crippen molar-refractivity contribution < 1.29 is 14.7 Å². The van der Waals surface area contributed by atoms with Crippen LogP contribution in [0.2, 0.25) is 0 Å². The van der Waals surface area contributed by atoms with E-state index in [9.17, 15) is 4.79 Å². The highest BCUT2D eigenvalue weighted by Crippen LogP contribution is 2.66. The second-order valence-electron chi connectivity index (χ2n) is 10.1. The van der Waals surface area contributed by atoms with Gasteiger partial charge in [-0.2, -0.15) is 0 Å². The molecule has 27 heavy (non-hydrogen) atoms. The van der Waals surface area contributed by atoms with E-state index < -0.39 is 0 Å². The lowest BCUT2D eigenvalue weighted by Gasteiger charge is -2.58. The van der Waals surface area contributed by atoms with Gasteiger partial charge in [0, 0.05) is 19.3 Å². The van der Waals surface area contributed by atoms with Crippen molar-refractivity contribution in [2.75, 3.05) is 0 Å². The normalized spacial score (nSPS) is 46.7. The molecule has 0 aromatic carbocycles. The summed E-state index contributed by atoms with van der Waals surface area (Å²) in [7, 11) is 0. The second-order valence-corrected chi connectivity index (χ2v) is 10.1. The van der Waals surface area contributed by atoms with E-state index in [1.807, 2.05) is 6.92 Å². The van der Waals surface area contributed by atoms with Crippen molar-refractivity contribution in [1.29, 1.82) is 0 Å². The average molecular weight is 374 g/mol. The van der Waals surface area contributed by atoms with Gasteiger partial charge in [-0.3, -0.25) is 4.79 Å². The number of allylic oxidation sites excluding steroid dienone is 1. The third kappa shape index (κ3) is 2.86. The topological polar surface area (TPSA) is 58.9 Å². The summed E-state index contributed by atoms with van der Waals surface area (Å²) >= 11 is 0. The highest BCUT2D eigenvalue weighted by atomic mass is 16.5. The molecule has 0 bridgehead atoms. The first-order chi connectivity index (χ1) is 12.8. The summed E-state index contributed by atoms with van der Waals surface area (Å²) in [5, 5.41) is 12.1. The Hall–Kier alpha value is -1.32. The van der Waals surface area contributed by atoms with E-state index in [1.165, 1.54) is 25.7 Å². The molecule has 0 heterocycles. The number of ketones is 1. The molecular weight excluding hydrogens is 338 g/mol. The van der Waals surface area contributed by atoms with Gasteiger partial charge in [0.05, 0.1) is 0 Å². The number of hydrogen-bond donors (Lipinski definition) is 1. The van der Waals surface area contributed by atoms with Gasteiger partial charge < -0.3 is 9.94 Å². The zero-order chi connectivity index (χ0) is 19.4. The van der Waals surface area contributed by atoms with Crippen molar-refractivity contribution in [3.05, 3.63) is 11.6 Å². The molecule has 4 rings (SSSR count). The van der Waals surface area contributed by atoms with Gasteiger partial charge in [-0.1, -0.05) is 30.7 Å². The molecule has 4 nitrogen and oxygen atoms in total. The minimum absolute atomic E-state index is 0.138.